The molecular formula is C16H24NO3PS. The van der Waals surface area contributed by atoms with E-state index in [2.05, 4.69) is 47.4 Å². The van der Waals surface area contributed by atoms with Gasteiger partial charge in [0.2, 0.25) is 0 Å². The van der Waals surface area contributed by atoms with Crippen LogP contribution < -0.4 is 5.32 Å². The van der Waals surface area contributed by atoms with Crippen molar-refractivity contribution in [1.82, 2.24) is 5.32 Å². The van der Waals surface area contributed by atoms with Gasteiger partial charge in [-0.2, -0.15) is 11.8 Å². The van der Waals surface area contributed by atoms with E-state index in [-0.39, 0.29) is 11.8 Å². The van der Waals surface area contributed by atoms with Crippen molar-refractivity contribution in [2.45, 2.75) is 39.2 Å². The standard InChI is InChI=1S/C16H24NO3PS/c1-13(2)12-15(18)14(17-3)9-11-22-10-7-5-4-6-8-16(19)20-21/h13-14,17H,7,9-12,21H2,1-3H3. The van der Waals surface area contributed by atoms with Crippen LogP contribution in [0.3, 0.4) is 0 Å². The molecule has 0 aromatic heterocycles. The zero-order valence-electron chi connectivity index (χ0n) is 13.4. The number of nitrogens with one attached hydrogen (secondary N) is 1. The number of carbonyl (C=O) groups excluding carboxylic acids is 2. The minimum absolute atomic E-state index is 0.0511. The van der Waals surface area contributed by atoms with Gasteiger partial charge in [-0.1, -0.05) is 19.8 Å². The average Bonchev–Trinajstić information content (AvgIpc) is 2.48. The minimum Gasteiger partial charge on any atom is -0.442 e. The fourth-order valence-corrected chi connectivity index (χ4v) is 2.57. The molecule has 0 aromatic carbocycles. The SMILES string of the molecule is CNC(CCSCCC#CC#CC(=O)OP)C(=O)CC(C)C. The Morgan fingerprint density at radius 2 is 2.00 bits per heavy atom. The summed E-state index contributed by atoms with van der Waals surface area (Å²) < 4.78 is 4.28. The Kier molecular flexibility index (Phi) is 13.0. The van der Waals surface area contributed by atoms with E-state index in [1.54, 1.807) is 11.8 Å². The maximum absolute atomic E-state index is 12.0. The summed E-state index contributed by atoms with van der Waals surface area (Å²) in [6, 6.07) is -0.0511. The predicted octanol–water partition coefficient (Wildman–Crippen LogP) is 2.04. The molecule has 0 bridgehead atoms. The number of ketones is 1. The Hall–Kier alpha value is -1.00. The van der Waals surface area contributed by atoms with E-state index in [4.69, 9.17) is 0 Å². The summed E-state index contributed by atoms with van der Waals surface area (Å²) in [5.41, 5.74) is 0. The van der Waals surface area contributed by atoms with E-state index in [0.717, 1.165) is 17.9 Å². The third kappa shape index (κ3) is 11.6. The molecule has 6 heteroatoms. The lowest BCUT2D eigenvalue weighted by Crippen LogP contribution is -2.35. The van der Waals surface area contributed by atoms with Crippen molar-refractivity contribution in [3.8, 4) is 23.7 Å². The number of likely N-dealkylation sites (N-methyl/N-ethyl adjacent to an activating group) is 1. The minimum atomic E-state index is -0.613. The Bertz CT molecular complexity index is 471. The molecule has 0 saturated heterocycles. The first-order chi connectivity index (χ1) is 10.5. The Labute approximate surface area is 140 Å². The van der Waals surface area contributed by atoms with Crippen LogP contribution in [-0.2, 0) is 14.1 Å². The van der Waals surface area contributed by atoms with Crippen molar-refractivity contribution >= 4 is 33.0 Å². The molecule has 2 atom stereocenters. The van der Waals surface area contributed by atoms with Crippen LogP contribution in [0.15, 0.2) is 0 Å². The highest BCUT2D eigenvalue weighted by molar-refractivity contribution is 7.99. The second kappa shape index (κ2) is 13.6. The van der Waals surface area contributed by atoms with Crippen LogP contribution in [0.4, 0.5) is 0 Å². The first kappa shape index (κ1) is 21.0. The quantitative estimate of drug-likeness (QED) is 0.395. The van der Waals surface area contributed by atoms with Crippen molar-refractivity contribution in [3.05, 3.63) is 0 Å². The van der Waals surface area contributed by atoms with Crippen LogP contribution in [0.5, 0.6) is 0 Å². The summed E-state index contributed by atoms with van der Waals surface area (Å²) in [4.78, 5) is 22.6. The lowest BCUT2D eigenvalue weighted by Gasteiger charge is -2.15. The maximum atomic E-state index is 12.0. The number of hydrogen-bond donors (Lipinski definition) is 1. The summed E-state index contributed by atoms with van der Waals surface area (Å²) in [5.74, 6) is 12.0. The van der Waals surface area contributed by atoms with Gasteiger partial charge in [0, 0.05) is 24.5 Å². The third-order valence-corrected chi connectivity index (χ3v) is 3.92. The molecule has 0 radical (unpaired) electrons. The lowest BCUT2D eigenvalue weighted by atomic mass is 10.0. The normalized spacial score (nSPS) is 11.0. The Morgan fingerprint density at radius 1 is 1.27 bits per heavy atom. The van der Waals surface area contributed by atoms with Gasteiger partial charge in [0.25, 0.3) is 0 Å². The largest absolute Gasteiger partial charge is 0.442 e. The van der Waals surface area contributed by atoms with Gasteiger partial charge >= 0.3 is 5.97 Å². The predicted molar refractivity (Wildman–Crippen MR) is 95.2 cm³/mol. The first-order valence-electron chi connectivity index (χ1n) is 7.18. The second-order valence-electron chi connectivity index (χ2n) is 5.01. The lowest BCUT2D eigenvalue weighted by molar-refractivity contribution is -0.127. The topological polar surface area (TPSA) is 55.4 Å². The maximum Gasteiger partial charge on any atom is 0.387 e. The van der Waals surface area contributed by atoms with Gasteiger partial charge < -0.3 is 9.84 Å². The zero-order chi connectivity index (χ0) is 16.8. The second-order valence-corrected chi connectivity index (χ2v) is 6.47. The van der Waals surface area contributed by atoms with Crippen molar-refractivity contribution < 1.29 is 14.1 Å². The molecule has 1 N–H and O–H groups in total. The monoisotopic (exact) mass is 341 g/mol. The number of carbonyl (C=O) groups is 2. The van der Waals surface area contributed by atoms with E-state index in [9.17, 15) is 9.59 Å². The molecule has 0 fully saturated rings. The van der Waals surface area contributed by atoms with Crippen molar-refractivity contribution in [2.24, 2.45) is 5.92 Å². The molecule has 0 aliphatic carbocycles. The highest BCUT2D eigenvalue weighted by Gasteiger charge is 2.16. The first-order valence-corrected chi connectivity index (χ1v) is 8.81. The van der Waals surface area contributed by atoms with Gasteiger partial charge in [0.15, 0.2) is 0 Å². The highest BCUT2D eigenvalue weighted by Crippen LogP contribution is 2.10. The van der Waals surface area contributed by atoms with Gasteiger partial charge in [-0.15, -0.1) is 0 Å². The van der Waals surface area contributed by atoms with Crippen molar-refractivity contribution in [2.75, 3.05) is 18.6 Å². The molecule has 0 aliphatic heterocycles. The summed E-state index contributed by atoms with van der Waals surface area (Å²) in [5, 5.41) is 3.09. The molecule has 122 valence electrons. The number of thioether (sulfide) groups is 1. The van der Waals surface area contributed by atoms with Gasteiger partial charge in [0.1, 0.15) is 5.78 Å². The smallest absolute Gasteiger partial charge is 0.387 e. The van der Waals surface area contributed by atoms with Gasteiger partial charge in [-0.25, -0.2) is 4.79 Å². The van der Waals surface area contributed by atoms with Crippen LogP contribution >= 0.6 is 21.2 Å². The van der Waals surface area contributed by atoms with E-state index >= 15 is 0 Å². The molecule has 22 heavy (non-hydrogen) atoms. The van der Waals surface area contributed by atoms with Crippen LogP contribution in [0.1, 0.15) is 33.1 Å². The Morgan fingerprint density at radius 3 is 2.59 bits per heavy atom. The number of Topliss-reactive ketones (excluding diaryl/α,β-unsaturated/α-hetero) is 1. The molecule has 0 aliphatic rings. The molecule has 0 heterocycles. The van der Waals surface area contributed by atoms with E-state index in [1.165, 1.54) is 0 Å². The highest BCUT2D eigenvalue weighted by atomic mass is 32.2. The number of hydrogen-bond acceptors (Lipinski definition) is 5. The fraction of sp³-hybridized carbons (Fsp3) is 0.625. The third-order valence-electron chi connectivity index (χ3n) is 2.69. The molecule has 0 saturated carbocycles. The summed E-state index contributed by atoms with van der Waals surface area (Å²) in [7, 11) is 3.67. The van der Waals surface area contributed by atoms with Crippen molar-refractivity contribution in [1.29, 1.82) is 0 Å². The molecule has 0 amide bonds. The van der Waals surface area contributed by atoms with Gasteiger partial charge in [-0.05, 0) is 37.0 Å². The fourth-order valence-electron chi connectivity index (χ4n) is 1.66. The van der Waals surface area contributed by atoms with Crippen LogP contribution in [-0.4, -0.2) is 36.3 Å². The van der Waals surface area contributed by atoms with Crippen LogP contribution in [0.2, 0.25) is 0 Å². The molecule has 4 nitrogen and oxygen atoms in total. The molecule has 0 aromatic rings. The van der Waals surface area contributed by atoms with E-state index < -0.39 is 5.97 Å². The Balaban J connectivity index is 3.83. The summed E-state index contributed by atoms with van der Waals surface area (Å²) in [6.07, 6.45) is 2.17. The number of rotatable bonds is 9. The molecule has 0 spiro atoms. The zero-order valence-corrected chi connectivity index (χ0v) is 15.4. The van der Waals surface area contributed by atoms with Gasteiger partial charge in [0.05, 0.1) is 15.5 Å². The molecule has 0 rings (SSSR count). The summed E-state index contributed by atoms with van der Waals surface area (Å²) in [6.45, 7) is 4.11. The average molecular weight is 341 g/mol. The van der Waals surface area contributed by atoms with Crippen molar-refractivity contribution in [3.63, 3.8) is 0 Å². The molecular weight excluding hydrogens is 317 g/mol. The van der Waals surface area contributed by atoms with Gasteiger partial charge in [-0.3, -0.25) is 4.79 Å². The van der Waals surface area contributed by atoms with E-state index in [0.29, 0.717) is 18.8 Å². The van der Waals surface area contributed by atoms with Crippen LogP contribution in [0.25, 0.3) is 0 Å². The molecule has 2 unspecified atom stereocenters. The van der Waals surface area contributed by atoms with E-state index in [1.807, 2.05) is 16.5 Å². The summed E-state index contributed by atoms with van der Waals surface area (Å²) >= 11 is 1.76. The van der Waals surface area contributed by atoms with Crippen LogP contribution in [0, 0.1) is 29.6 Å².